The third-order valence-electron chi connectivity index (χ3n) is 7.60. The molecule has 1 fully saturated rings. The average Bonchev–Trinajstić information content (AvgIpc) is 3.73. The molecule has 39 heavy (non-hydrogen) atoms. The summed E-state index contributed by atoms with van der Waals surface area (Å²) in [5, 5.41) is 11.3. The highest BCUT2D eigenvalue weighted by molar-refractivity contribution is 5.97. The Labute approximate surface area is 224 Å². The van der Waals surface area contributed by atoms with Crippen molar-refractivity contribution in [2.75, 3.05) is 6.54 Å². The van der Waals surface area contributed by atoms with Crippen molar-refractivity contribution in [1.29, 1.82) is 0 Å². The Bertz CT molecular complexity index is 1770. The molecular weight excluding hydrogens is 491 g/mol. The summed E-state index contributed by atoms with van der Waals surface area (Å²) in [6, 6.07) is 11.4. The van der Waals surface area contributed by atoms with Crippen LogP contribution in [0.3, 0.4) is 0 Å². The van der Waals surface area contributed by atoms with Gasteiger partial charge in [0.05, 0.1) is 16.4 Å². The maximum absolute atomic E-state index is 16.2. The van der Waals surface area contributed by atoms with Crippen molar-refractivity contribution in [2.24, 2.45) is 5.92 Å². The fraction of sp³-hybridized carbons (Fsp3) is 0.233. The first-order valence-corrected chi connectivity index (χ1v) is 13.3. The van der Waals surface area contributed by atoms with Crippen LogP contribution in [0.4, 0.5) is 4.39 Å². The van der Waals surface area contributed by atoms with E-state index in [9.17, 15) is 0 Å². The number of aromatic amines is 2. The molecule has 0 atom stereocenters. The summed E-state index contributed by atoms with van der Waals surface area (Å²) < 4.78 is 16.2. The number of nitrogens with zero attached hydrogens (tertiary/aromatic N) is 5. The van der Waals surface area contributed by atoms with E-state index in [0.717, 1.165) is 40.2 Å². The number of fused-ring (bicyclic) bond motifs is 2. The van der Waals surface area contributed by atoms with Gasteiger partial charge in [-0.2, -0.15) is 5.10 Å². The number of hydrogen-bond acceptors (Lipinski definition) is 6. The molecule has 0 unspecified atom stereocenters. The Hall–Kier alpha value is -4.50. The molecule has 9 heteroatoms. The van der Waals surface area contributed by atoms with Crippen LogP contribution in [0, 0.1) is 11.7 Å². The first-order chi connectivity index (χ1) is 19.2. The van der Waals surface area contributed by atoms with E-state index in [-0.39, 0.29) is 5.82 Å². The van der Waals surface area contributed by atoms with Crippen LogP contribution in [0.1, 0.15) is 31.2 Å². The van der Waals surface area contributed by atoms with Crippen molar-refractivity contribution in [3.8, 4) is 33.8 Å². The van der Waals surface area contributed by atoms with Gasteiger partial charge in [0.2, 0.25) is 0 Å². The predicted molar refractivity (Wildman–Crippen MR) is 149 cm³/mol. The van der Waals surface area contributed by atoms with Gasteiger partial charge in [0.1, 0.15) is 11.5 Å². The number of H-pyrrole nitrogens is 2. The van der Waals surface area contributed by atoms with Crippen molar-refractivity contribution in [2.45, 2.75) is 32.2 Å². The molecule has 1 saturated carbocycles. The van der Waals surface area contributed by atoms with Gasteiger partial charge >= 0.3 is 0 Å². The molecule has 1 aliphatic carbocycles. The zero-order valence-corrected chi connectivity index (χ0v) is 21.3. The topological polar surface area (TPSA) is 108 Å². The van der Waals surface area contributed by atoms with Crippen LogP contribution in [0.15, 0.2) is 67.4 Å². The zero-order valence-electron chi connectivity index (χ0n) is 21.3. The Kier molecular flexibility index (Phi) is 6.05. The highest BCUT2D eigenvalue weighted by Crippen LogP contribution is 2.35. The van der Waals surface area contributed by atoms with Crippen molar-refractivity contribution in [1.82, 2.24) is 40.4 Å². The van der Waals surface area contributed by atoms with Gasteiger partial charge in [0, 0.05) is 59.8 Å². The SMILES string of the molecule is Fc1c(-c2cncc(CNCC3CCCC3)c2)ccc2[nH]nc(-c3nc4nccc(-c5cccnc5)c4[nH]3)c12. The summed E-state index contributed by atoms with van der Waals surface area (Å²) in [5.74, 6) is 0.837. The van der Waals surface area contributed by atoms with E-state index in [1.54, 1.807) is 30.9 Å². The van der Waals surface area contributed by atoms with Crippen molar-refractivity contribution < 1.29 is 4.39 Å². The second kappa shape index (κ2) is 9.99. The van der Waals surface area contributed by atoms with Crippen LogP contribution >= 0.6 is 0 Å². The lowest BCUT2D eigenvalue weighted by molar-refractivity contribution is 0.489. The highest BCUT2D eigenvalue weighted by atomic mass is 19.1. The lowest BCUT2D eigenvalue weighted by atomic mass is 10.0. The second-order valence-electron chi connectivity index (χ2n) is 10.2. The maximum Gasteiger partial charge on any atom is 0.178 e. The van der Waals surface area contributed by atoms with E-state index in [0.29, 0.717) is 40.2 Å². The molecule has 0 amide bonds. The molecule has 6 aromatic rings. The molecular formula is C30H27FN8. The fourth-order valence-electron chi connectivity index (χ4n) is 5.62. The standard InChI is InChI=1S/C30H27FN8/c31-26-22(21-12-19(15-34-17-21)14-33-13-18-4-1-2-5-18)7-8-24-25(26)28(39-38-24)30-36-27-23(9-11-35-29(27)37-30)20-6-3-10-32-16-20/h3,6-12,15-18,33H,1-2,4-5,13-14H2,(H,38,39)(H,35,36,37). The molecule has 0 bridgehead atoms. The molecule has 0 radical (unpaired) electrons. The van der Waals surface area contributed by atoms with E-state index in [4.69, 9.17) is 0 Å². The second-order valence-corrected chi connectivity index (χ2v) is 10.2. The third kappa shape index (κ3) is 4.44. The van der Waals surface area contributed by atoms with Gasteiger partial charge < -0.3 is 10.3 Å². The first-order valence-electron chi connectivity index (χ1n) is 13.3. The summed E-state index contributed by atoms with van der Waals surface area (Å²) in [4.78, 5) is 21.0. The van der Waals surface area contributed by atoms with Crippen molar-refractivity contribution in [3.63, 3.8) is 0 Å². The number of rotatable bonds is 7. The molecule has 7 rings (SSSR count). The number of aromatic nitrogens is 7. The smallest absolute Gasteiger partial charge is 0.178 e. The van der Waals surface area contributed by atoms with E-state index >= 15 is 4.39 Å². The van der Waals surface area contributed by atoms with Crippen molar-refractivity contribution >= 4 is 22.1 Å². The molecule has 5 aromatic heterocycles. The molecule has 0 spiro atoms. The van der Waals surface area contributed by atoms with Crippen molar-refractivity contribution in [3.05, 3.63) is 78.8 Å². The highest BCUT2D eigenvalue weighted by Gasteiger charge is 2.21. The van der Waals surface area contributed by atoms with Gasteiger partial charge in [0.15, 0.2) is 11.5 Å². The molecule has 8 nitrogen and oxygen atoms in total. The van der Waals surface area contributed by atoms with E-state index < -0.39 is 0 Å². The number of benzene rings is 1. The van der Waals surface area contributed by atoms with E-state index in [1.807, 2.05) is 36.5 Å². The zero-order chi connectivity index (χ0) is 26.2. The van der Waals surface area contributed by atoms with Crippen LogP contribution in [0.25, 0.3) is 55.8 Å². The first kappa shape index (κ1) is 23.6. The van der Waals surface area contributed by atoms with Gasteiger partial charge in [0.25, 0.3) is 0 Å². The Balaban J connectivity index is 1.24. The van der Waals surface area contributed by atoms with Crippen LogP contribution in [-0.2, 0) is 6.54 Å². The van der Waals surface area contributed by atoms with Crippen LogP contribution in [0.5, 0.6) is 0 Å². The van der Waals surface area contributed by atoms with Crippen LogP contribution in [-0.4, -0.2) is 41.7 Å². The molecule has 1 aliphatic rings. The normalized spacial score (nSPS) is 14.1. The van der Waals surface area contributed by atoms with Crippen LogP contribution in [0.2, 0.25) is 0 Å². The summed E-state index contributed by atoms with van der Waals surface area (Å²) in [6.45, 7) is 1.72. The number of nitrogens with one attached hydrogen (secondary N) is 3. The van der Waals surface area contributed by atoms with Gasteiger partial charge in [-0.3, -0.25) is 15.1 Å². The number of imidazole rings is 1. The van der Waals surface area contributed by atoms with E-state index in [1.165, 1.54) is 25.7 Å². The lowest BCUT2D eigenvalue weighted by Gasteiger charge is -2.11. The largest absolute Gasteiger partial charge is 0.335 e. The van der Waals surface area contributed by atoms with E-state index in [2.05, 4.69) is 40.4 Å². The monoisotopic (exact) mass is 518 g/mol. The molecule has 194 valence electrons. The Morgan fingerprint density at radius 2 is 1.85 bits per heavy atom. The summed E-state index contributed by atoms with van der Waals surface area (Å²) >= 11 is 0. The Morgan fingerprint density at radius 1 is 0.949 bits per heavy atom. The van der Waals surface area contributed by atoms with Crippen LogP contribution < -0.4 is 5.32 Å². The number of halogens is 1. The fourth-order valence-corrected chi connectivity index (χ4v) is 5.62. The number of pyridine rings is 3. The summed E-state index contributed by atoms with van der Waals surface area (Å²) in [5.41, 5.74) is 6.35. The van der Waals surface area contributed by atoms with Gasteiger partial charge in [-0.05, 0) is 61.2 Å². The maximum atomic E-state index is 16.2. The Morgan fingerprint density at radius 3 is 2.72 bits per heavy atom. The molecule has 1 aromatic carbocycles. The van der Waals surface area contributed by atoms with Gasteiger partial charge in [-0.1, -0.05) is 18.9 Å². The molecule has 5 heterocycles. The summed E-state index contributed by atoms with van der Waals surface area (Å²) in [7, 11) is 0. The lowest BCUT2D eigenvalue weighted by Crippen LogP contribution is -2.20. The molecule has 0 aliphatic heterocycles. The molecule has 0 saturated heterocycles. The quantitative estimate of drug-likeness (QED) is 0.238. The average molecular weight is 519 g/mol. The number of hydrogen-bond donors (Lipinski definition) is 3. The minimum atomic E-state index is -0.366. The summed E-state index contributed by atoms with van der Waals surface area (Å²) in [6.07, 6.45) is 14.0. The predicted octanol–water partition coefficient (Wildman–Crippen LogP) is 6.04. The molecule has 3 N–H and O–H groups in total. The minimum absolute atomic E-state index is 0.366. The van der Waals surface area contributed by atoms with Gasteiger partial charge in [-0.15, -0.1) is 0 Å². The minimum Gasteiger partial charge on any atom is -0.335 e. The van der Waals surface area contributed by atoms with Gasteiger partial charge in [-0.25, -0.2) is 14.4 Å². The third-order valence-corrected chi connectivity index (χ3v) is 7.60.